The molecular weight excluding hydrogens is 458 g/mol. The van der Waals surface area contributed by atoms with Crippen LogP contribution in [0, 0.1) is 13.8 Å². The number of rotatable bonds is 4. The molecule has 2 N–H and O–H groups in total. The van der Waals surface area contributed by atoms with Crippen molar-refractivity contribution in [3.63, 3.8) is 0 Å². The predicted octanol–water partition coefficient (Wildman–Crippen LogP) is 4.06. The highest BCUT2D eigenvalue weighted by molar-refractivity contribution is 7.21. The second-order valence-corrected chi connectivity index (χ2v) is 10.2. The monoisotopic (exact) mass is 481 g/mol. The van der Waals surface area contributed by atoms with Crippen LogP contribution in [0.5, 0.6) is 0 Å². The first-order chi connectivity index (χ1) is 15.9. The number of thiazole rings is 1. The molecule has 1 aliphatic heterocycles. The van der Waals surface area contributed by atoms with Crippen molar-refractivity contribution in [2.24, 2.45) is 0 Å². The summed E-state index contributed by atoms with van der Waals surface area (Å²) in [7, 11) is 0. The Hall–Kier alpha value is -3.11. The van der Waals surface area contributed by atoms with E-state index in [9.17, 15) is 9.59 Å². The highest BCUT2D eigenvalue weighted by atomic mass is 32.1. The number of anilines is 1. The number of ether oxygens (including phenoxy) is 1. The third-order valence-electron chi connectivity index (χ3n) is 5.83. The number of nitrogens with zero attached hydrogens (tertiary/aromatic N) is 4. The number of nitrogens with two attached hydrogens (primary N) is 1. The van der Waals surface area contributed by atoms with E-state index in [1.807, 2.05) is 25.1 Å². The molecule has 5 rings (SSSR count). The summed E-state index contributed by atoms with van der Waals surface area (Å²) in [4.78, 5) is 41.6. The molecule has 170 valence electrons. The number of likely N-dealkylation sites (tertiary alicyclic amines) is 1. The molecule has 1 amide bonds. The molecule has 0 aliphatic carbocycles. The molecule has 0 unspecified atom stereocenters. The molecular formula is C23H23N5O3S2. The Morgan fingerprint density at radius 1 is 1.18 bits per heavy atom. The number of hydrogen-bond acceptors (Lipinski definition) is 9. The average molecular weight is 482 g/mol. The Balaban J connectivity index is 1.25. The number of esters is 1. The molecule has 1 saturated heterocycles. The lowest BCUT2D eigenvalue weighted by molar-refractivity contribution is -0.135. The minimum absolute atomic E-state index is 0.193. The van der Waals surface area contributed by atoms with Gasteiger partial charge in [-0.3, -0.25) is 4.79 Å². The van der Waals surface area contributed by atoms with Gasteiger partial charge >= 0.3 is 5.97 Å². The van der Waals surface area contributed by atoms with Gasteiger partial charge in [0.15, 0.2) is 6.61 Å². The Morgan fingerprint density at radius 3 is 2.82 bits per heavy atom. The molecule has 8 nitrogen and oxygen atoms in total. The topological polar surface area (TPSA) is 111 Å². The second-order valence-electron chi connectivity index (χ2n) is 8.16. The van der Waals surface area contributed by atoms with Gasteiger partial charge in [0.25, 0.3) is 5.91 Å². The minimum Gasteiger partial charge on any atom is -0.451 e. The predicted molar refractivity (Wildman–Crippen MR) is 130 cm³/mol. The molecule has 1 aromatic carbocycles. The van der Waals surface area contributed by atoms with Crippen LogP contribution in [0.15, 0.2) is 24.3 Å². The van der Waals surface area contributed by atoms with E-state index in [-0.39, 0.29) is 23.3 Å². The largest absolute Gasteiger partial charge is 0.451 e. The van der Waals surface area contributed by atoms with E-state index in [1.165, 1.54) is 0 Å². The van der Waals surface area contributed by atoms with E-state index in [1.54, 1.807) is 23.2 Å². The van der Waals surface area contributed by atoms with Crippen LogP contribution in [0.25, 0.3) is 20.4 Å². The number of piperidine rings is 1. The van der Waals surface area contributed by atoms with E-state index in [0.29, 0.717) is 34.8 Å². The van der Waals surface area contributed by atoms with Crippen molar-refractivity contribution >= 4 is 60.7 Å². The number of hydrogen-bond donors (Lipinski definition) is 1. The smallest absolute Gasteiger partial charge is 0.351 e. The molecule has 0 bridgehead atoms. The maximum Gasteiger partial charge on any atom is 0.351 e. The number of thiophene rings is 1. The fraction of sp³-hybridized carbons (Fsp3) is 0.348. The summed E-state index contributed by atoms with van der Waals surface area (Å²) >= 11 is 2.85. The maximum absolute atomic E-state index is 12.8. The van der Waals surface area contributed by atoms with Crippen LogP contribution >= 0.6 is 22.7 Å². The lowest BCUT2D eigenvalue weighted by Gasteiger charge is -2.31. The number of benzene rings is 1. The zero-order chi connectivity index (χ0) is 23.1. The Labute approximate surface area is 198 Å². The Bertz CT molecular complexity index is 1350. The van der Waals surface area contributed by atoms with Crippen molar-refractivity contribution in [2.75, 3.05) is 25.4 Å². The van der Waals surface area contributed by atoms with Gasteiger partial charge in [-0.15, -0.1) is 22.7 Å². The normalized spacial score (nSPS) is 16.4. The average Bonchev–Trinajstić information content (AvgIpc) is 3.38. The molecule has 0 radical (unpaired) electrons. The van der Waals surface area contributed by atoms with Gasteiger partial charge in [-0.2, -0.15) is 0 Å². The first-order valence-electron chi connectivity index (χ1n) is 10.7. The highest BCUT2D eigenvalue weighted by Crippen LogP contribution is 2.35. The standard InChI is InChI=1S/C23H23N5O3S2/c1-12-18-19(24)20(33-22(18)26-13(2)25-12)23(30)31-11-17(29)28-9-5-6-14(10-28)21-27-15-7-3-4-8-16(15)32-21/h3-4,7-8,14H,5-6,9-11,24H2,1-2H3/t14-/m0/s1. The van der Waals surface area contributed by atoms with Gasteiger partial charge < -0.3 is 15.4 Å². The van der Waals surface area contributed by atoms with Gasteiger partial charge in [0, 0.05) is 19.0 Å². The number of amides is 1. The maximum atomic E-state index is 12.8. The van der Waals surface area contributed by atoms with Crippen LogP contribution < -0.4 is 5.73 Å². The fourth-order valence-corrected chi connectivity index (χ4v) is 6.41. The number of carbonyl (C=O) groups is 2. The summed E-state index contributed by atoms with van der Waals surface area (Å²) in [6.45, 7) is 4.53. The molecule has 1 aliphatic rings. The molecule has 1 fully saturated rings. The van der Waals surface area contributed by atoms with Gasteiger partial charge in [0.2, 0.25) is 0 Å². The lowest BCUT2D eigenvalue weighted by Crippen LogP contribution is -2.41. The number of aryl methyl sites for hydroxylation is 2. The molecule has 10 heteroatoms. The van der Waals surface area contributed by atoms with Crippen LogP contribution in [-0.4, -0.2) is 51.4 Å². The zero-order valence-electron chi connectivity index (χ0n) is 18.3. The minimum atomic E-state index is -0.611. The van der Waals surface area contributed by atoms with Crippen LogP contribution in [0.1, 0.15) is 45.0 Å². The van der Waals surface area contributed by atoms with Crippen LogP contribution in [0.2, 0.25) is 0 Å². The van der Waals surface area contributed by atoms with Crippen LogP contribution in [-0.2, 0) is 9.53 Å². The van der Waals surface area contributed by atoms with E-state index >= 15 is 0 Å². The second kappa shape index (κ2) is 8.68. The summed E-state index contributed by atoms with van der Waals surface area (Å²) < 4.78 is 6.51. The summed E-state index contributed by atoms with van der Waals surface area (Å²) in [5.74, 6) is -0.00995. The molecule has 1 atom stereocenters. The van der Waals surface area contributed by atoms with Crippen molar-refractivity contribution in [2.45, 2.75) is 32.6 Å². The van der Waals surface area contributed by atoms with Gasteiger partial charge in [0.1, 0.15) is 15.5 Å². The van der Waals surface area contributed by atoms with Gasteiger partial charge in [-0.1, -0.05) is 12.1 Å². The van der Waals surface area contributed by atoms with Gasteiger partial charge in [-0.25, -0.2) is 19.7 Å². The first kappa shape index (κ1) is 21.7. The lowest BCUT2D eigenvalue weighted by atomic mass is 9.99. The van der Waals surface area contributed by atoms with E-state index < -0.39 is 5.97 Å². The molecule has 0 saturated carbocycles. The molecule has 0 spiro atoms. The Morgan fingerprint density at radius 2 is 2.00 bits per heavy atom. The van der Waals surface area contributed by atoms with E-state index in [4.69, 9.17) is 15.5 Å². The molecule has 4 aromatic rings. The summed E-state index contributed by atoms with van der Waals surface area (Å²) in [5.41, 5.74) is 8.20. The van der Waals surface area contributed by atoms with Crippen molar-refractivity contribution in [3.8, 4) is 0 Å². The first-order valence-corrected chi connectivity index (χ1v) is 12.4. The van der Waals surface area contributed by atoms with Crippen LogP contribution in [0.3, 0.4) is 0 Å². The summed E-state index contributed by atoms with van der Waals surface area (Å²) in [6.07, 6.45) is 1.88. The van der Waals surface area contributed by atoms with Crippen molar-refractivity contribution in [1.82, 2.24) is 19.9 Å². The third kappa shape index (κ3) is 4.16. The Kier molecular flexibility index (Phi) is 5.71. The number of carbonyl (C=O) groups excluding carboxylic acids is 2. The fourth-order valence-electron chi connectivity index (χ4n) is 4.24. The number of nitrogen functional groups attached to an aromatic ring is 1. The van der Waals surface area contributed by atoms with E-state index in [2.05, 4.69) is 16.0 Å². The molecule has 33 heavy (non-hydrogen) atoms. The molecule has 3 aromatic heterocycles. The van der Waals surface area contributed by atoms with Crippen LogP contribution in [0.4, 0.5) is 5.69 Å². The van der Waals surface area contributed by atoms with Crippen molar-refractivity contribution in [1.29, 1.82) is 0 Å². The number of fused-ring (bicyclic) bond motifs is 2. The van der Waals surface area contributed by atoms with E-state index in [0.717, 1.165) is 45.1 Å². The molecule has 4 heterocycles. The number of para-hydroxylation sites is 1. The van der Waals surface area contributed by atoms with Gasteiger partial charge in [-0.05, 0) is 38.8 Å². The van der Waals surface area contributed by atoms with Crippen molar-refractivity contribution < 1.29 is 14.3 Å². The SMILES string of the molecule is Cc1nc(C)c2c(N)c(C(=O)OCC(=O)N3CCC[C@H](c4nc5ccccc5s4)C3)sc2n1. The number of aromatic nitrogens is 3. The summed E-state index contributed by atoms with van der Waals surface area (Å²) in [5, 5.41) is 1.72. The van der Waals surface area contributed by atoms with Gasteiger partial charge in [0.05, 0.1) is 32.0 Å². The third-order valence-corrected chi connectivity index (χ3v) is 8.11. The quantitative estimate of drug-likeness (QED) is 0.438. The zero-order valence-corrected chi connectivity index (χ0v) is 20.0. The highest BCUT2D eigenvalue weighted by Gasteiger charge is 2.28. The van der Waals surface area contributed by atoms with Crippen molar-refractivity contribution in [3.05, 3.63) is 45.7 Å². The summed E-state index contributed by atoms with van der Waals surface area (Å²) in [6, 6.07) is 8.06.